The molecule has 172 valence electrons. The van der Waals surface area contributed by atoms with Gasteiger partial charge in [-0.3, -0.25) is 0 Å². The number of nitrogens with zero attached hydrogens (tertiary/aromatic N) is 3. The smallest absolute Gasteiger partial charge is 0.412 e. The van der Waals surface area contributed by atoms with E-state index < -0.39 is 6.09 Å². The maximum Gasteiger partial charge on any atom is 0.412 e. The summed E-state index contributed by atoms with van der Waals surface area (Å²) in [6.45, 7) is 3.36. The first-order valence-electron chi connectivity index (χ1n) is 10.9. The van der Waals surface area contributed by atoms with E-state index in [1.54, 1.807) is 24.3 Å². The lowest BCUT2D eigenvalue weighted by atomic mass is 10.1. The lowest BCUT2D eigenvalue weighted by Crippen LogP contribution is -2.39. The third-order valence-corrected chi connectivity index (χ3v) is 5.74. The van der Waals surface area contributed by atoms with E-state index >= 15 is 0 Å². The predicted octanol–water partition coefficient (Wildman–Crippen LogP) is 5.42. The van der Waals surface area contributed by atoms with Crippen molar-refractivity contribution in [2.45, 2.75) is 19.4 Å². The number of rotatable bonds is 4. The fourth-order valence-corrected chi connectivity index (χ4v) is 4.11. The van der Waals surface area contributed by atoms with Crippen LogP contribution in [0.2, 0.25) is 0 Å². The van der Waals surface area contributed by atoms with Gasteiger partial charge < -0.3 is 20.1 Å². The Bertz CT molecular complexity index is 1320. The minimum Gasteiger partial charge on any atom is -0.507 e. The molecular formula is C26H30N4O3. The van der Waals surface area contributed by atoms with Crippen molar-refractivity contribution in [1.29, 1.82) is 0 Å². The number of fused-ring (bicyclic) bond motifs is 1. The zero-order valence-electron chi connectivity index (χ0n) is 18.2. The van der Waals surface area contributed by atoms with Crippen LogP contribution in [0.15, 0.2) is 72.8 Å². The highest BCUT2D eigenvalue weighted by Crippen LogP contribution is 2.33. The van der Waals surface area contributed by atoms with Crippen molar-refractivity contribution < 1.29 is 18.9 Å². The summed E-state index contributed by atoms with van der Waals surface area (Å²) in [5.41, 5.74) is 2.50. The van der Waals surface area contributed by atoms with Gasteiger partial charge in [-0.25, -0.2) is 14.8 Å². The zero-order chi connectivity index (χ0) is 22.8. The molecule has 1 atom stereocenters. The van der Waals surface area contributed by atoms with Crippen molar-refractivity contribution in [2.75, 3.05) is 18.0 Å². The summed E-state index contributed by atoms with van der Waals surface area (Å²) >= 11 is 0. The number of amides is 1. The van der Waals surface area contributed by atoms with Gasteiger partial charge in [-0.2, -0.15) is 0 Å². The number of carbonyl (C=O) groups is 1. The van der Waals surface area contributed by atoms with Crippen molar-refractivity contribution in [2.24, 2.45) is 0 Å². The van der Waals surface area contributed by atoms with Gasteiger partial charge in [-0.1, -0.05) is 36.4 Å². The van der Waals surface area contributed by atoms with Crippen molar-refractivity contribution in [1.82, 2.24) is 15.3 Å². The number of phenolic OH excluding ortho intramolecular Hbond substituents is 1. The highest BCUT2D eigenvalue weighted by Gasteiger charge is 2.27. The summed E-state index contributed by atoms with van der Waals surface area (Å²) < 4.78 is 5.37. The minimum absolute atomic E-state index is 0. The fourth-order valence-electron chi connectivity index (χ4n) is 4.11. The van der Waals surface area contributed by atoms with Crippen LogP contribution < -0.4 is 15.0 Å². The summed E-state index contributed by atoms with van der Waals surface area (Å²) in [6, 6.07) is 22.1. The van der Waals surface area contributed by atoms with Crippen LogP contribution in [-0.4, -0.2) is 40.3 Å². The molecule has 2 N–H and O–H groups in total. The van der Waals surface area contributed by atoms with Crippen LogP contribution in [-0.2, 0) is 0 Å². The van der Waals surface area contributed by atoms with Gasteiger partial charge >= 0.3 is 6.09 Å². The number of aromatic hydroxyl groups is 1. The molecule has 7 nitrogen and oxygen atoms in total. The molecule has 5 rings (SSSR count). The summed E-state index contributed by atoms with van der Waals surface area (Å²) in [5, 5.41) is 14.2. The van der Waals surface area contributed by atoms with Gasteiger partial charge in [0.25, 0.3) is 0 Å². The summed E-state index contributed by atoms with van der Waals surface area (Å²) in [5.74, 6) is 1.91. The number of nitrogens with one attached hydrogen (secondary N) is 1. The van der Waals surface area contributed by atoms with Gasteiger partial charge in [0.1, 0.15) is 17.3 Å². The van der Waals surface area contributed by atoms with E-state index in [0.717, 1.165) is 35.2 Å². The van der Waals surface area contributed by atoms with Gasteiger partial charge in [0.2, 0.25) is 0 Å². The third-order valence-electron chi connectivity index (χ3n) is 5.74. The maximum atomic E-state index is 12.3. The Kier molecular flexibility index (Phi) is 5.52. The highest BCUT2D eigenvalue weighted by atomic mass is 16.6. The molecule has 1 saturated heterocycles. The molecule has 0 saturated carbocycles. The SMILES string of the molecule is Cc1ccc2c(N3CC[C@@H](NC(=O)Oc4ccccc4)C3)nc(-c3ccccc3O)nc2c1.[HH].[HH].[HH]. The second-order valence-corrected chi connectivity index (χ2v) is 8.19. The molecule has 4 aromatic rings. The second-order valence-electron chi connectivity index (χ2n) is 8.19. The van der Waals surface area contributed by atoms with Crippen molar-refractivity contribution >= 4 is 22.8 Å². The molecule has 0 bridgehead atoms. The number of ether oxygens (including phenoxy) is 1. The minimum atomic E-state index is -0.467. The number of carbonyl (C=O) groups excluding carboxylic acids is 1. The van der Waals surface area contributed by atoms with E-state index in [9.17, 15) is 9.90 Å². The number of para-hydroxylation sites is 2. The summed E-state index contributed by atoms with van der Waals surface area (Å²) in [6.07, 6.45) is 0.304. The van der Waals surface area contributed by atoms with Crippen molar-refractivity contribution in [3.8, 4) is 22.9 Å². The van der Waals surface area contributed by atoms with Gasteiger partial charge in [0, 0.05) is 22.8 Å². The molecule has 1 aromatic heterocycles. The Hall–Kier alpha value is -4.13. The van der Waals surface area contributed by atoms with Crippen molar-refractivity contribution in [3.63, 3.8) is 0 Å². The molecule has 1 fully saturated rings. The van der Waals surface area contributed by atoms with E-state index in [0.29, 0.717) is 23.7 Å². The highest BCUT2D eigenvalue weighted by molar-refractivity contribution is 5.92. The van der Waals surface area contributed by atoms with Crippen LogP contribution in [0, 0.1) is 6.92 Å². The molecule has 0 spiro atoms. The number of benzene rings is 3. The summed E-state index contributed by atoms with van der Waals surface area (Å²) in [7, 11) is 0. The van der Waals surface area contributed by atoms with E-state index in [4.69, 9.17) is 14.7 Å². The second kappa shape index (κ2) is 8.78. The topological polar surface area (TPSA) is 87.6 Å². The third kappa shape index (κ3) is 4.43. The molecule has 0 aliphatic carbocycles. The molecule has 7 heteroatoms. The van der Waals surface area contributed by atoms with E-state index in [1.807, 2.05) is 55.5 Å². The first kappa shape index (κ1) is 20.8. The zero-order valence-corrected chi connectivity index (χ0v) is 18.2. The Labute approximate surface area is 196 Å². The molecule has 0 unspecified atom stereocenters. The number of anilines is 1. The quantitative estimate of drug-likeness (QED) is 0.435. The monoisotopic (exact) mass is 446 g/mol. The average Bonchev–Trinajstić information content (AvgIpc) is 3.27. The number of hydrogen-bond acceptors (Lipinski definition) is 6. The lowest BCUT2D eigenvalue weighted by Gasteiger charge is -2.21. The first-order valence-corrected chi connectivity index (χ1v) is 10.9. The molecule has 3 aromatic carbocycles. The normalized spacial score (nSPS) is 15.5. The van der Waals surface area contributed by atoms with E-state index in [2.05, 4.69) is 10.2 Å². The molecule has 1 amide bonds. The van der Waals surface area contributed by atoms with E-state index in [1.165, 1.54) is 0 Å². The lowest BCUT2D eigenvalue weighted by molar-refractivity contribution is 0.197. The molecule has 2 heterocycles. The number of phenols is 1. The van der Waals surface area contributed by atoms with Crippen LogP contribution >= 0.6 is 0 Å². The molecular weight excluding hydrogens is 416 g/mol. The molecule has 1 aliphatic heterocycles. The Morgan fingerprint density at radius 1 is 1.09 bits per heavy atom. The molecule has 0 radical (unpaired) electrons. The Morgan fingerprint density at radius 2 is 1.88 bits per heavy atom. The van der Waals surface area contributed by atoms with Gasteiger partial charge in [0.05, 0.1) is 17.1 Å². The van der Waals surface area contributed by atoms with Gasteiger partial charge in [-0.15, -0.1) is 0 Å². The Morgan fingerprint density at radius 3 is 2.70 bits per heavy atom. The van der Waals surface area contributed by atoms with Crippen LogP contribution in [0.1, 0.15) is 16.3 Å². The van der Waals surface area contributed by atoms with Crippen LogP contribution in [0.25, 0.3) is 22.3 Å². The fraction of sp³-hybridized carbons (Fsp3) is 0.192. The van der Waals surface area contributed by atoms with Gasteiger partial charge in [-0.05, 0) is 55.3 Å². The summed E-state index contributed by atoms with van der Waals surface area (Å²) in [4.78, 5) is 24.0. The van der Waals surface area contributed by atoms with Gasteiger partial charge in [0.15, 0.2) is 5.82 Å². The first-order chi connectivity index (χ1) is 16.1. The molecule has 1 aliphatic rings. The standard InChI is InChI=1S/C26H24N4O3.3H2/c1-17-11-12-20-22(15-17)28-24(21-9-5-6-10-23(21)31)29-25(20)30-14-13-18(16-30)27-26(32)33-19-7-3-2-4-8-19;;;/h2-12,15,18,31H,13-14,16H2,1H3,(H,27,32);3*1H/t18-;;;/m1.../s1. The largest absolute Gasteiger partial charge is 0.507 e. The average molecular weight is 447 g/mol. The van der Waals surface area contributed by atoms with Crippen LogP contribution in [0.3, 0.4) is 0 Å². The van der Waals surface area contributed by atoms with Crippen LogP contribution in [0.5, 0.6) is 11.5 Å². The Balaban J connectivity index is 0.00000152. The maximum absolute atomic E-state index is 12.3. The van der Waals surface area contributed by atoms with Crippen LogP contribution in [0.4, 0.5) is 10.6 Å². The van der Waals surface area contributed by atoms with E-state index in [-0.39, 0.29) is 16.1 Å². The molecule has 33 heavy (non-hydrogen) atoms. The number of hydrogen-bond donors (Lipinski definition) is 2. The predicted molar refractivity (Wildman–Crippen MR) is 134 cm³/mol. The number of aryl methyl sites for hydroxylation is 1. The number of aromatic nitrogens is 2. The van der Waals surface area contributed by atoms with Crippen molar-refractivity contribution in [3.05, 3.63) is 78.4 Å².